The molecule has 1 aromatic carbocycles. The van der Waals surface area contributed by atoms with Crippen LogP contribution in [0.15, 0.2) is 18.2 Å². The van der Waals surface area contributed by atoms with E-state index in [0.717, 1.165) is 31.8 Å². The van der Waals surface area contributed by atoms with E-state index in [1.807, 2.05) is 0 Å². The molecule has 1 amide bonds. The van der Waals surface area contributed by atoms with Gasteiger partial charge in [-0.15, -0.1) is 0 Å². The number of amides is 1. The lowest BCUT2D eigenvalue weighted by molar-refractivity contribution is -0.120. The lowest BCUT2D eigenvalue weighted by atomic mass is 9.89. The Hall–Kier alpha value is -1.39. The molecule has 2 aliphatic rings. The van der Waals surface area contributed by atoms with Crippen LogP contribution in [0.1, 0.15) is 43.7 Å². The van der Waals surface area contributed by atoms with Crippen LogP contribution in [-0.2, 0) is 9.53 Å². The van der Waals surface area contributed by atoms with Crippen LogP contribution in [0, 0.1) is 12.8 Å². The third-order valence-corrected chi connectivity index (χ3v) is 5.13. The molecule has 132 valence electrons. The lowest BCUT2D eigenvalue weighted by Gasteiger charge is -2.36. The minimum atomic E-state index is 0.209. The Morgan fingerprint density at radius 2 is 2.17 bits per heavy atom. The fourth-order valence-corrected chi connectivity index (χ4v) is 4.00. The van der Waals surface area contributed by atoms with Gasteiger partial charge in [0.2, 0.25) is 5.91 Å². The molecule has 24 heavy (non-hydrogen) atoms. The molecule has 0 aliphatic carbocycles. The van der Waals surface area contributed by atoms with Crippen LogP contribution < -0.4 is 4.90 Å². The van der Waals surface area contributed by atoms with Crippen LogP contribution in [0.4, 0.5) is 5.69 Å². The van der Waals surface area contributed by atoms with Gasteiger partial charge in [-0.25, -0.2) is 0 Å². The van der Waals surface area contributed by atoms with Crippen molar-refractivity contribution < 1.29 is 9.53 Å². The van der Waals surface area contributed by atoms with Crippen molar-refractivity contribution in [2.45, 2.75) is 45.6 Å². The molecule has 0 radical (unpaired) electrons. The SMILES string of the molecule is Cc1ccc2c(c1)[C@@H]1CN(C)CC[C@@H]1N2C(=O)CCOCC(C)C. The Morgan fingerprint density at radius 1 is 1.38 bits per heavy atom. The fraction of sp³-hybridized carbons (Fsp3) is 0.650. The first-order valence-corrected chi connectivity index (χ1v) is 9.16. The average Bonchev–Trinajstić information content (AvgIpc) is 2.84. The van der Waals surface area contributed by atoms with Gasteiger partial charge in [0.05, 0.1) is 13.0 Å². The summed E-state index contributed by atoms with van der Waals surface area (Å²) >= 11 is 0. The molecular formula is C20H30N2O2. The highest BCUT2D eigenvalue weighted by molar-refractivity contribution is 5.97. The quantitative estimate of drug-likeness (QED) is 0.777. The molecular weight excluding hydrogens is 300 g/mol. The van der Waals surface area contributed by atoms with Crippen LogP contribution in [0.25, 0.3) is 0 Å². The average molecular weight is 330 g/mol. The summed E-state index contributed by atoms with van der Waals surface area (Å²) in [4.78, 5) is 17.4. The van der Waals surface area contributed by atoms with E-state index in [-0.39, 0.29) is 5.91 Å². The van der Waals surface area contributed by atoms with Crippen molar-refractivity contribution in [1.29, 1.82) is 0 Å². The van der Waals surface area contributed by atoms with Gasteiger partial charge >= 0.3 is 0 Å². The number of carbonyl (C=O) groups is 1. The molecule has 0 unspecified atom stereocenters. The topological polar surface area (TPSA) is 32.8 Å². The number of aryl methyl sites for hydroxylation is 1. The maximum Gasteiger partial charge on any atom is 0.229 e. The second-order valence-corrected chi connectivity index (χ2v) is 7.77. The predicted molar refractivity (Wildman–Crippen MR) is 97.6 cm³/mol. The van der Waals surface area contributed by atoms with Crippen molar-refractivity contribution in [2.75, 3.05) is 38.3 Å². The third kappa shape index (κ3) is 3.50. The normalized spacial score (nSPS) is 23.5. The second-order valence-electron chi connectivity index (χ2n) is 7.77. The summed E-state index contributed by atoms with van der Waals surface area (Å²) in [7, 11) is 2.18. The van der Waals surface area contributed by atoms with Crippen molar-refractivity contribution >= 4 is 11.6 Å². The van der Waals surface area contributed by atoms with Crippen molar-refractivity contribution in [1.82, 2.24) is 4.90 Å². The number of piperidine rings is 1. The minimum absolute atomic E-state index is 0.209. The van der Waals surface area contributed by atoms with E-state index < -0.39 is 0 Å². The van der Waals surface area contributed by atoms with E-state index in [1.165, 1.54) is 11.1 Å². The Kier molecular flexibility index (Phi) is 5.26. The van der Waals surface area contributed by atoms with E-state index in [0.29, 0.717) is 30.9 Å². The summed E-state index contributed by atoms with van der Waals surface area (Å²) in [6.07, 6.45) is 1.52. The molecule has 1 fully saturated rings. The van der Waals surface area contributed by atoms with Crippen LogP contribution in [0.2, 0.25) is 0 Å². The first kappa shape index (κ1) is 17.4. The zero-order valence-corrected chi connectivity index (χ0v) is 15.4. The zero-order chi connectivity index (χ0) is 17.3. The summed E-state index contributed by atoms with van der Waals surface area (Å²) in [5.41, 5.74) is 3.75. The monoisotopic (exact) mass is 330 g/mol. The van der Waals surface area contributed by atoms with Gasteiger partial charge in [-0.3, -0.25) is 4.79 Å². The molecule has 2 heterocycles. The highest BCUT2D eigenvalue weighted by Gasteiger charge is 2.43. The number of rotatable bonds is 5. The number of ether oxygens (including phenoxy) is 1. The Labute approximate surface area is 145 Å². The summed E-state index contributed by atoms with van der Waals surface area (Å²) in [5.74, 6) is 1.16. The molecule has 4 nitrogen and oxygen atoms in total. The third-order valence-electron chi connectivity index (χ3n) is 5.13. The van der Waals surface area contributed by atoms with Crippen LogP contribution in [-0.4, -0.2) is 50.2 Å². The van der Waals surface area contributed by atoms with Crippen LogP contribution >= 0.6 is 0 Å². The summed E-state index contributed by atoms with van der Waals surface area (Å²) < 4.78 is 5.63. The van der Waals surface area contributed by atoms with Gasteiger partial charge in [-0.2, -0.15) is 0 Å². The van der Waals surface area contributed by atoms with Crippen molar-refractivity contribution in [3.05, 3.63) is 29.3 Å². The molecule has 0 N–H and O–H groups in total. The number of hydrogen-bond acceptors (Lipinski definition) is 3. The predicted octanol–water partition coefficient (Wildman–Crippen LogP) is 3.19. The molecule has 1 saturated heterocycles. The van der Waals surface area contributed by atoms with Gasteiger partial charge in [0, 0.05) is 30.8 Å². The van der Waals surface area contributed by atoms with Crippen molar-refractivity contribution in [3.63, 3.8) is 0 Å². The van der Waals surface area contributed by atoms with Gasteiger partial charge in [0.1, 0.15) is 0 Å². The standard InChI is InChI=1S/C20H30N2O2/c1-14(2)13-24-10-8-20(23)22-18-6-5-15(3)11-16(18)17-12-21(4)9-7-19(17)22/h5-6,11,14,17,19H,7-10,12-13H2,1-4H3/t17-,19-/m0/s1. The Balaban J connectivity index is 1.76. The zero-order valence-electron chi connectivity index (χ0n) is 15.4. The number of likely N-dealkylation sites (tertiary alicyclic amines) is 1. The molecule has 0 saturated carbocycles. The number of nitrogens with zero attached hydrogens (tertiary/aromatic N) is 2. The maximum absolute atomic E-state index is 12.9. The lowest BCUT2D eigenvalue weighted by Crippen LogP contribution is -2.47. The van der Waals surface area contributed by atoms with E-state index in [2.05, 4.69) is 55.8 Å². The maximum atomic E-state index is 12.9. The van der Waals surface area contributed by atoms with Gasteiger partial charge in [-0.05, 0) is 44.5 Å². The van der Waals surface area contributed by atoms with Crippen LogP contribution in [0.5, 0.6) is 0 Å². The van der Waals surface area contributed by atoms with Gasteiger partial charge in [-0.1, -0.05) is 31.5 Å². The summed E-state index contributed by atoms with van der Waals surface area (Å²) in [6.45, 7) is 9.72. The molecule has 0 bridgehead atoms. The molecule has 0 spiro atoms. The molecule has 4 heteroatoms. The number of benzene rings is 1. The fourth-order valence-electron chi connectivity index (χ4n) is 4.00. The molecule has 2 aliphatic heterocycles. The number of fused-ring (bicyclic) bond motifs is 3. The van der Waals surface area contributed by atoms with Crippen LogP contribution in [0.3, 0.4) is 0 Å². The largest absolute Gasteiger partial charge is 0.381 e. The number of anilines is 1. The number of carbonyl (C=O) groups excluding carboxylic acids is 1. The Morgan fingerprint density at radius 3 is 2.92 bits per heavy atom. The summed E-state index contributed by atoms with van der Waals surface area (Å²) in [6, 6.07) is 6.84. The smallest absolute Gasteiger partial charge is 0.229 e. The van der Waals surface area contributed by atoms with Crippen molar-refractivity contribution in [3.8, 4) is 0 Å². The molecule has 2 atom stereocenters. The highest BCUT2D eigenvalue weighted by atomic mass is 16.5. The summed E-state index contributed by atoms with van der Waals surface area (Å²) in [5, 5.41) is 0. The Bertz CT molecular complexity index is 599. The van der Waals surface area contributed by atoms with E-state index >= 15 is 0 Å². The van der Waals surface area contributed by atoms with E-state index in [9.17, 15) is 4.79 Å². The minimum Gasteiger partial charge on any atom is -0.381 e. The number of hydrogen-bond donors (Lipinski definition) is 0. The van der Waals surface area contributed by atoms with Gasteiger partial charge in [0.15, 0.2) is 0 Å². The molecule has 1 aromatic rings. The molecule has 3 rings (SSSR count). The second kappa shape index (κ2) is 7.24. The van der Waals surface area contributed by atoms with E-state index in [4.69, 9.17) is 4.74 Å². The van der Waals surface area contributed by atoms with Gasteiger partial charge in [0.25, 0.3) is 0 Å². The van der Waals surface area contributed by atoms with Crippen molar-refractivity contribution in [2.24, 2.45) is 5.92 Å². The number of likely N-dealkylation sites (N-methyl/N-ethyl adjacent to an activating group) is 1. The van der Waals surface area contributed by atoms with Gasteiger partial charge < -0.3 is 14.5 Å². The van der Waals surface area contributed by atoms with E-state index in [1.54, 1.807) is 0 Å². The highest BCUT2D eigenvalue weighted by Crippen LogP contribution is 2.45. The first-order valence-electron chi connectivity index (χ1n) is 9.16. The molecule has 0 aromatic heterocycles. The first-order chi connectivity index (χ1) is 11.5.